The van der Waals surface area contributed by atoms with Crippen LogP contribution in [0.25, 0.3) is 0 Å². The summed E-state index contributed by atoms with van der Waals surface area (Å²) in [6.07, 6.45) is -0.708. The van der Waals surface area contributed by atoms with Crippen LogP contribution in [0.5, 0.6) is 0 Å². The fourth-order valence-electron chi connectivity index (χ4n) is 2.71. The summed E-state index contributed by atoms with van der Waals surface area (Å²) in [7, 11) is 0. The third-order valence-electron chi connectivity index (χ3n) is 3.94. The summed E-state index contributed by atoms with van der Waals surface area (Å²) in [4.78, 5) is 27.0. The molecule has 1 aromatic heterocycles. The molecule has 140 valence electrons. The average Bonchev–Trinajstić information content (AvgIpc) is 2.86. The summed E-state index contributed by atoms with van der Waals surface area (Å²) in [6, 6.07) is 4.96. The van der Waals surface area contributed by atoms with Crippen LogP contribution in [-0.4, -0.2) is 28.6 Å². The van der Waals surface area contributed by atoms with Gasteiger partial charge in [-0.2, -0.15) is 0 Å². The first-order valence-corrected chi connectivity index (χ1v) is 8.71. The molecule has 0 spiro atoms. The normalized spacial score (nSPS) is 11.9. The van der Waals surface area contributed by atoms with Crippen molar-refractivity contribution < 1.29 is 19.4 Å². The summed E-state index contributed by atoms with van der Waals surface area (Å²) in [5, 5.41) is 13.3. The van der Waals surface area contributed by atoms with Crippen molar-refractivity contribution in [3.8, 4) is 0 Å². The lowest BCUT2D eigenvalue weighted by molar-refractivity contribution is -0.124. The highest BCUT2D eigenvalue weighted by atomic mass is 35.5. The monoisotopic (exact) mass is 398 g/mol. The second-order valence-electron chi connectivity index (χ2n) is 5.93. The first kappa shape index (κ1) is 20.3. The molecule has 2 rings (SSSR count). The minimum absolute atomic E-state index is 0.194. The molecule has 0 saturated heterocycles. The molecule has 6 nitrogen and oxygen atoms in total. The molecule has 0 aliphatic carbocycles. The maximum atomic E-state index is 12.2. The Bertz CT molecular complexity index is 831. The zero-order chi connectivity index (χ0) is 19.4. The zero-order valence-corrected chi connectivity index (χ0v) is 16.2. The number of aliphatic hydroxyl groups is 1. The number of carbonyl (C=O) groups is 2. The molecule has 0 aliphatic rings. The number of carbonyl (C=O) groups excluding carboxylic acids is 2. The smallest absolute Gasteiger partial charge is 0.355 e. The number of aliphatic hydroxyl groups excluding tert-OH is 1. The molecule has 8 heteroatoms. The van der Waals surface area contributed by atoms with Gasteiger partial charge in [0.15, 0.2) is 6.61 Å². The Balaban J connectivity index is 1.91. The van der Waals surface area contributed by atoms with Gasteiger partial charge in [-0.25, -0.2) is 4.79 Å². The Kier molecular flexibility index (Phi) is 6.69. The van der Waals surface area contributed by atoms with Gasteiger partial charge in [-0.1, -0.05) is 29.3 Å². The number of benzene rings is 1. The number of rotatable bonds is 6. The van der Waals surface area contributed by atoms with E-state index in [9.17, 15) is 14.7 Å². The van der Waals surface area contributed by atoms with E-state index in [1.165, 1.54) is 0 Å². The molecule has 3 N–H and O–H groups in total. The van der Waals surface area contributed by atoms with Crippen LogP contribution >= 0.6 is 23.2 Å². The molecule has 1 heterocycles. The van der Waals surface area contributed by atoms with Gasteiger partial charge >= 0.3 is 5.97 Å². The van der Waals surface area contributed by atoms with Crippen molar-refractivity contribution in [2.24, 2.45) is 0 Å². The van der Waals surface area contributed by atoms with Crippen LogP contribution in [0.3, 0.4) is 0 Å². The minimum atomic E-state index is -0.708. The van der Waals surface area contributed by atoms with Crippen molar-refractivity contribution >= 4 is 35.1 Å². The van der Waals surface area contributed by atoms with Gasteiger partial charge in [0.05, 0.1) is 6.10 Å². The summed E-state index contributed by atoms with van der Waals surface area (Å²) >= 11 is 11.9. The lowest BCUT2D eigenvalue weighted by Gasteiger charge is -2.08. The number of aromatic nitrogens is 1. The van der Waals surface area contributed by atoms with Crippen LogP contribution in [0.2, 0.25) is 10.0 Å². The molecule has 0 unspecified atom stereocenters. The van der Waals surface area contributed by atoms with Crippen LogP contribution < -0.4 is 5.32 Å². The van der Waals surface area contributed by atoms with Crippen molar-refractivity contribution in [3.05, 3.63) is 56.3 Å². The third-order valence-corrected chi connectivity index (χ3v) is 4.53. The SMILES string of the molecule is Cc1[nH]c(C(=O)OCC(=O)NCc2ccc(Cl)cc2Cl)c(C)c1[C@@H](C)O. The summed E-state index contributed by atoms with van der Waals surface area (Å²) < 4.78 is 5.04. The van der Waals surface area contributed by atoms with Crippen molar-refractivity contribution in [1.29, 1.82) is 0 Å². The maximum absolute atomic E-state index is 12.2. The van der Waals surface area contributed by atoms with Crippen molar-refractivity contribution in [2.75, 3.05) is 6.61 Å². The van der Waals surface area contributed by atoms with E-state index in [1.54, 1.807) is 39.0 Å². The number of ether oxygens (including phenoxy) is 1. The van der Waals surface area contributed by atoms with Gasteiger partial charge in [0, 0.05) is 27.8 Å². The molecule has 0 aliphatic heterocycles. The Morgan fingerprint density at radius 3 is 2.58 bits per heavy atom. The third kappa shape index (κ3) is 4.78. The van der Waals surface area contributed by atoms with Gasteiger partial charge in [-0.3, -0.25) is 4.79 Å². The number of amides is 1. The first-order valence-electron chi connectivity index (χ1n) is 7.95. The maximum Gasteiger partial charge on any atom is 0.355 e. The van der Waals surface area contributed by atoms with Gasteiger partial charge in [0.1, 0.15) is 5.69 Å². The quantitative estimate of drug-likeness (QED) is 0.649. The number of aryl methyl sites for hydroxylation is 1. The zero-order valence-electron chi connectivity index (χ0n) is 14.7. The van der Waals surface area contributed by atoms with E-state index in [0.29, 0.717) is 32.4 Å². The van der Waals surface area contributed by atoms with E-state index >= 15 is 0 Å². The molecule has 0 saturated carbocycles. The topological polar surface area (TPSA) is 91.4 Å². The summed E-state index contributed by atoms with van der Waals surface area (Å²) in [5.41, 5.74) is 2.88. The summed E-state index contributed by atoms with van der Waals surface area (Å²) in [6.45, 7) is 4.86. The van der Waals surface area contributed by atoms with Gasteiger partial charge in [0.25, 0.3) is 5.91 Å². The van der Waals surface area contributed by atoms with E-state index in [0.717, 1.165) is 0 Å². The number of hydrogen-bond donors (Lipinski definition) is 3. The first-order chi connectivity index (χ1) is 12.2. The van der Waals surface area contributed by atoms with Crippen LogP contribution in [0.4, 0.5) is 0 Å². The molecule has 0 radical (unpaired) electrons. The summed E-state index contributed by atoms with van der Waals surface area (Å²) in [5.74, 6) is -1.11. The highest BCUT2D eigenvalue weighted by Crippen LogP contribution is 2.25. The van der Waals surface area contributed by atoms with E-state index < -0.39 is 24.6 Å². The highest BCUT2D eigenvalue weighted by molar-refractivity contribution is 6.35. The lowest BCUT2D eigenvalue weighted by Crippen LogP contribution is -2.28. The van der Waals surface area contributed by atoms with Crippen LogP contribution in [0, 0.1) is 13.8 Å². The average molecular weight is 399 g/mol. The van der Waals surface area contributed by atoms with Gasteiger partial charge in [-0.05, 0) is 44.0 Å². The molecule has 2 aromatic rings. The molecule has 26 heavy (non-hydrogen) atoms. The van der Waals surface area contributed by atoms with Crippen LogP contribution in [-0.2, 0) is 16.1 Å². The largest absolute Gasteiger partial charge is 0.451 e. The second kappa shape index (κ2) is 8.58. The predicted octanol–water partition coefficient (Wildman–Crippen LogP) is 3.46. The highest BCUT2D eigenvalue weighted by Gasteiger charge is 2.21. The minimum Gasteiger partial charge on any atom is -0.451 e. The molecular weight excluding hydrogens is 379 g/mol. The van der Waals surface area contributed by atoms with Crippen LogP contribution in [0.1, 0.15) is 45.9 Å². The van der Waals surface area contributed by atoms with Crippen LogP contribution in [0.15, 0.2) is 18.2 Å². The molecule has 0 bridgehead atoms. The lowest BCUT2D eigenvalue weighted by atomic mass is 10.1. The van der Waals surface area contributed by atoms with Crippen molar-refractivity contribution in [1.82, 2.24) is 10.3 Å². The Morgan fingerprint density at radius 1 is 1.31 bits per heavy atom. The number of aromatic amines is 1. The molecule has 1 aromatic carbocycles. The predicted molar refractivity (Wildman–Crippen MR) is 99.5 cm³/mol. The standard InChI is InChI=1S/C18H20Cl2N2O4/c1-9-16(11(3)23)10(2)22-17(9)18(25)26-8-15(24)21-7-12-4-5-13(19)6-14(12)20/h4-6,11,22-23H,7-8H2,1-3H3,(H,21,24)/t11-/m1/s1. The molecule has 1 amide bonds. The number of hydrogen-bond acceptors (Lipinski definition) is 4. The molecular formula is C18H20Cl2N2O4. The fourth-order valence-corrected chi connectivity index (χ4v) is 3.18. The number of esters is 1. The Labute approximate surface area is 161 Å². The number of nitrogens with one attached hydrogen (secondary N) is 2. The van der Waals surface area contributed by atoms with Gasteiger partial charge in [-0.15, -0.1) is 0 Å². The number of halogens is 2. The van der Waals surface area contributed by atoms with E-state index in [1.807, 2.05) is 0 Å². The van der Waals surface area contributed by atoms with Crippen molar-refractivity contribution in [3.63, 3.8) is 0 Å². The van der Waals surface area contributed by atoms with Gasteiger partial charge in [0.2, 0.25) is 0 Å². The van der Waals surface area contributed by atoms with Gasteiger partial charge < -0.3 is 20.1 Å². The van der Waals surface area contributed by atoms with E-state index in [2.05, 4.69) is 10.3 Å². The van der Waals surface area contributed by atoms with Crippen molar-refractivity contribution in [2.45, 2.75) is 33.4 Å². The van der Waals surface area contributed by atoms with E-state index in [-0.39, 0.29) is 12.2 Å². The Hall–Kier alpha value is -2.02. The molecule has 1 atom stereocenters. The molecule has 0 fully saturated rings. The Morgan fingerprint density at radius 2 is 2.00 bits per heavy atom. The number of H-pyrrole nitrogens is 1. The second-order valence-corrected chi connectivity index (χ2v) is 6.77. The fraction of sp³-hybridized carbons (Fsp3) is 0.333. The van der Waals surface area contributed by atoms with E-state index in [4.69, 9.17) is 27.9 Å².